The molecule has 4 rings (SSSR count). The van der Waals surface area contributed by atoms with E-state index in [1.165, 1.54) is 0 Å². The minimum atomic E-state index is -3.94. The Morgan fingerprint density at radius 3 is 2.43 bits per heavy atom. The van der Waals surface area contributed by atoms with Crippen molar-refractivity contribution in [3.05, 3.63) is 29.6 Å². The van der Waals surface area contributed by atoms with Gasteiger partial charge in [0.2, 0.25) is 16.0 Å². The number of aromatic nitrogens is 5. The van der Waals surface area contributed by atoms with Crippen molar-refractivity contribution in [2.45, 2.75) is 96.0 Å². The molecule has 2 aliphatic heterocycles. The van der Waals surface area contributed by atoms with Gasteiger partial charge < -0.3 is 14.2 Å². The number of rotatable bonds is 9. The Bertz CT molecular complexity index is 1080. The maximum Gasteiger partial charge on any atom is 0.240 e. The molecule has 0 bridgehead atoms. The molecule has 2 unspecified atom stereocenters. The van der Waals surface area contributed by atoms with E-state index < -0.39 is 21.4 Å². The van der Waals surface area contributed by atoms with Crippen molar-refractivity contribution >= 4 is 16.0 Å². The zero-order valence-electron chi connectivity index (χ0n) is 21.0. The maximum absolute atomic E-state index is 13.6. The standard InChI is InChI=1S/C23H36N6O5S/c1-14(2)33-21(19-13-24-15(3)12-25-19)17(5)35(30,31)28-23-27-26-22(20-7-6-16(4)34-20)29(23)18-8-10-32-11-9-18/h12-14,16-18,20-21H,6-11H2,1-5H3,(H,27,28)/t16-,17?,20-,21?/m0/s1. The Hall–Kier alpha value is -2.15. The highest BCUT2D eigenvalue weighted by Crippen LogP contribution is 2.37. The molecule has 35 heavy (non-hydrogen) atoms. The molecule has 0 amide bonds. The van der Waals surface area contributed by atoms with Crippen LogP contribution in [-0.2, 0) is 24.2 Å². The van der Waals surface area contributed by atoms with Gasteiger partial charge in [0.15, 0.2) is 5.82 Å². The normalized spacial score (nSPS) is 23.5. The van der Waals surface area contributed by atoms with Gasteiger partial charge in [-0.3, -0.25) is 19.3 Å². The fourth-order valence-corrected chi connectivity index (χ4v) is 5.64. The third-order valence-corrected chi connectivity index (χ3v) is 8.15. The molecule has 11 nitrogen and oxygen atoms in total. The van der Waals surface area contributed by atoms with Crippen LogP contribution in [0.4, 0.5) is 5.95 Å². The molecule has 2 aromatic heterocycles. The van der Waals surface area contributed by atoms with E-state index in [2.05, 4.69) is 24.9 Å². The van der Waals surface area contributed by atoms with Gasteiger partial charge in [-0.05, 0) is 60.3 Å². The van der Waals surface area contributed by atoms with E-state index in [9.17, 15) is 8.42 Å². The van der Waals surface area contributed by atoms with Crippen LogP contribution in [-0.4, -0.2) is 63.8 Å². The molecule has 2 aromatic rings. The molecule has 0 radical (unpaired) electrons. The molecule has 4 atom stereocenters. The van der Waals surface area contributed by atoms with Crippen LogP contribution in [0, 0.1) is 6.92 Å². The molecule has 2 saturated heterocycles. The molecule has 2 fully saturated rings. The molecule has 0 spiro atoms. The summed E-state index contributed by atoms with van der Waals surface area (Å²) in [6.45, 7) is 10.4. The van der Waals surface area contributed by atoms with Gasteiger partial charge in [0, 0.05) is 25.5 Å². The molecule has 4 heterocycles. The van der Waals surface area contributed by atoms with Gasteiger partial charge in [0.05, 0.1) is 29.8 Å². The summed E-state index contributed by atoms with van der Waals surface area (Å²) >= 11 is 0. The van der Waals surface area contributed by atoms with Crippen LogP contribution < -0.4 is 4.72 Å². The van der Waals surface area contributed by atoms with E-state index in [4.69, 9.17) is 14.2 Å². The lowest BCUT2D eigenvalue weighted by Crippen LogP contribution is -2.35. The highest BCUT2D eigenvalue weighted by Gasteiger charge is 2.37. The highest BCUT2D eigenvalue weighted by molar-refractivity contribution is 7.93. The van der Waals surface area contributed by atoms with Gasteiger partial charge >= 0.3 is 0 Å². The van der Waals surface area contributed by atoms with Crippen molar-refractivity contribution < 1.29 is 22.6 Å². The zero-order chi connectivity index (χ0) is 25.2. The summed E-state index contributed by atoms with van der Waals surface area (Å²) in [7, 11) is -3.94. The summed E-state index contributed by atoms with van der Waals surface area (Å²) in [5.41, 5.74) is 1.20. The second-order valence-corrected chi connectivity index (χ2v) is 11.7. The Kier molecular flexibility index (Phi) is 8.04. The van der Waals surface area contributed by atoms with E-state index >= 15 is 0 Å². The fraction of sp³-hybridized carbons (Fsp3) is 0.739. The Morgan fingerprint density at radius 1 is 1.09 bits per heavy atom. The number of nitrogens with zero attached hydrogens (tertiary/aromatic N) is 5. The summed E-state index contributed by atoms with van der Waals surface area (Å²) in [4.78, 5) is 8.66. The average Bonchev–Trinajstić information content (AvgIpc) is 3.43. The molecular formula is C23H36N6O5S. The second-order valence-electron chi connectivity index (χ2n) is 9.65. The van der Waals surface area contributed by atoms with Crippen LogP contribution in [0.3, 0.4) is 0 Å². The van der Waals surface area contributed by atoms with Crippen molar-refractivity contribution in [2.24, 2.45) is 0 Å². The smallest absolute Gasteiger partial charge is 0.240 e. The summed E-state index contributed by atoms with van der Waals surface area (Å²) in [6.07, 6.45) is 5.31. The first kappa shape index (κ1) is 25.9. The molecule has 1 N–H and O–H groups in total. The number of hydrogen-bond donors (Lipinski definition) is 1. The number of nitrogens with one attached hydrogen (secondary N) is 1. The van der Waals surface area contributed by atoms with Crippen LogP contribution in [0.5, 0.6) is 0 Å². The van der Waals surface area contributed by atoms with Crippen molar-refractivity contribution in [2.75, 3.05) is 17.9 Å². The van der Waals surface area contributed by atoms with Crippen LogP contribution in [0.2, 0.25) is 0 Å². The van der Waals surface area contributed by atoms with Crippen LogP contribution in [0.15, 0.2) is 12.4 Å². The highest BCUT2D eigenvalue weighted by atomic mass is 32.2. The average molecular weight is 509 g/mol. The SMILES string of the molecule is Cc1cnc(C(OC(C)C)C(C)S(=O)(=O)Nc2nnc([C@@H]3CC[C@H](C)O3)n2C2CCOCC2)cn1. The predicted molar refractivity (Wildman–Crippen MR) is 129 cm³/mol. The minimum absolute atomic E-state index is 0.0203. The van der Waals surface area contributed by atoms with E-state index in [1.54, 1.807) is 19.3 Å². The lowest BCUT2D eigenvalue weighted by atomic mass is 10.1. The van der Waals surface area contributed by atoms with Crippen molar-refractivity contribution in [1.29, 1.82) is 0 Å². The monoisotopic (exact) mass is 508 g/mol. The predicted octanol–water partition coefficient (Wildman–Crippen LogP) is 3.26. The van der Waals surface area contributed by atoms with E-state index in [0.29, 0.717) is 24.7 Å². The van der Waals surface area contributed by atoms with Gasteiger partial charge in [0.1, 0.15) is 17.5 Å². The Labute approximate surface area is 207 Å². The molecular weight excluding hydrogens is 472 g/mol. The van der Waals surface area contributed by atoms with Crippen molar-refractivity contribution in [3.63, 3.8) is 0 Å². The Balaban J connectivity index is 1.64. The van der Waals surface area contributed by atoms with Crippen LogP contribution in [0.1, 0.15) is 88.8 Å². The molecule has 194 valence electrons. The van der Waals surface area contributed by atoms with E-state index in [1.807, 2.05) is 32.3 Å². The first-order chi connectivity index (χ1) is 16.7. The quantitative estimate of drug-likeness (QED) is 0.542. The zero-order valence-corrected chi connectivity index (χ0v) is 21.9. The topological polar surface area (TPSA) is 130 Å². The first-order valence-corrected chi connectivity index (χ1v) is 13.8. The Morgan fingerprint density at radius 2 is 1.83 bits per heavy atom. The molecule has 0 aromatic carbocycles. The first-order valence-electron chi connectivity index (χ1n) is 12.3. The number of ether oxygens (including phenoxy) is 3. The van der Waals surface area contributed by atoms with Crippen molar-refractivity contribution in [1.82, 2.24) is 24.7 Å². The van der Waals surface area contributed by atoms with Crippen LogP contribution in [0.25, 0.3) is 0 Å². The fourth-order valence-electron chi connectivity index (χ4n) is 4.53. The van der Waals surface area contributed by atoms with Gasteiger partial charge in [-0.2, -0.15) is 0 Å². The van der Waals surface area contributed by atoms with E-state index in [0.717, 1.165) is 31.4 Å². The lowest BCUT2D eigenvalue weighted by molar-refractivity contribution is 0.00394. The van der Waals surface area contributed by atoms with Gasteiger partial charge in [-0.1, -0.05) is 0 Å². The molecule has 0 saturated carbocycles. The van der Waals surface area contributed by atoms with E-state index in [-0.39, 0.29) is 30.3 Å². The van der Waals surface area contributed by atoms with Gasteiger partial charge in [-0.15, -0.1) is 10.2 Å². The maximum atomic E-state index is 13.6. The third-order valence-electron chi connectivity index (χ3n) is 6.46. The summed E-state index contributed by atoms with van der Waals surface area (Å²) in [6, 6.07) is 0.0203. The largest absolute Gasteiger partial charge is 0.381 e. The number of anilines is 1. The van der Waals surface area contributed by atoms with Gasteiger partial charge in [0.25, 0.3) is 0 Å². The van der Waals surface area contributed by atoms with Crippen molar-refractivity contribution in [3.8, 4) is 0 Å². The number of hydrogen-bond acceptors (Lipinski definition) is 9. The third kappa shape index (κ3) is 5.99. The summed E-state index contributed by atoms with van der Waals surface area (Å²) in [5, 5.41) is 7.68. The summed E-state index contributed by atoms with van der Waals surface area (Å²) in [5.74, 6) is 0.853. The lowest BCUT2D eigenvalue weighted by Gasteiger charge is -2.28. The van der Waals surface area contributed by atoms with Crippen LogP contribution >= 0.6 is 0 Å². The number of aryl methyl sites for hydroxylation is 1. The molecule has 0 aliphatic carbocycles. The molecule has 12 heteroatoms. The summed E-state index contributed by atoms with van der Waals surface area (Å²) < 4.78 is 49.4. The second kappa shape index (κ2) is 10.9. The van der Waals surface area contributed by atoms with Gasteiger partial charge in [-0.25, -0.2) is 8.42 Å². The minimum Gasteiger partial charge on any atom is -0.381 e. The number of sulfonamides is 1. The molecule has 2 aliphatic rings.